The van der Waals surface area contributed by atoms with Crippen molar-refractivity contribution in [2.45, 2.75) is 6.92 Å². The Morgan fingerprint density at radius 1 is 1.15 bits per heavy atom. The topological polar surface area (TPSA) is 67.9 Å². The molecule has 0 radical (unpaired) electrons. The van der Waals surface area contributed by atoms with Crippen LogP contribution in [0.2, 0.25) is 5.02 Å². The molecule has 0 aromatic heterocycles. The van der Waals surface area contributed by atoms with Gasteiger partial charge in [-0.05, 0) is 30.3 Å². The lowest BCUT2D eigenvalue weighted by atomic mass is 10.2. The van der Waals surface area contributed by atoms with Gasteiger partial charge in [0.2, 0.25) is 11.8 Å². The number of amides is 2. The number of benzene rings is 2. The molecule has 0 saturated carbocycles. The zero-order valence-corrected chi connectivity index (χ0v) is 15.3. The van der Waals surface area contributed by atoms with Gasteiger partial charge in [0.15, 0.2) is 0 Å². The number of halogens is 2. The molecule has 0 unspecified atom stereocenters. The minimum atomic E-state index is -0.587. The Bertz CT molecular complexity index is 829. The number of nitrogens with zero attached hydrogens (tertiary/aromatic N) is 1. The first-order valence-electron chi connectivity index (χ1n) is 7.60. The molecule has 26 heavy (non-hydrogen) atoms. The van der Waals surface area contributed by atoms with Gasteiger partial charge in [0, 0.05) is 18.7 Å². The lowest BCUT2D eigenvalue weighted by Crippen LogP contribution is -2.37. The van der Waals surface area contributed by atoms with E-state index < -0.39 is 11.7 Å². The maximum absolute atomic E-state index is 13.2. The first kappa shape index (κ1) is 19.5. The number of rotatable bonds is 6. The second kappa shape index (κ2) is 8.53. The summed E-state index contributed by atoms with van der Waals surface area (Å²) >= 11 is 5.70. The number of nitrogens with one attached hydrogen (secondary N) is 1. The maximum Gasteiger partial charge on any atom is 0.244 e. The molecule has 8 heteroatoms. The largest absolute Gasteiger partial charge is 0.497 e. The van der Waals surface area contributed by atoms with Gasteiger partial charge in [0.1, 0.15) is 23.9 Å². The monoisotopic (exact) mass is 380 g/mol. The Morgan fingerprint density at radius 2 is 1.88 bits per heavy atom. The van der Waals surface area contributed by atoms with Gasteiger partial charge in [-0.15, -0.1) is 0 Å². The molecule has 0 fully saturated rings. The van der Waals surface area contributed by atoms with Crippen molar-refractivity contribution in [3.05, 3.63) is 47.2 Å². The predicted molar refractivity (Wildman–Crippen MR) is 97.6 cm³/mol. The van der Waals surface area contributed by atoms with Crippen LogP contribution in [-0.2, 0) is 9.59 Å². The Balaban J connectivity index is 2.24. The van der Waals surface area contributed by atoms with Crippen molar-refractivity contribution in [2.75, 3.05) is 31.0 Å². The van der Waals surface area contributed by atoms with Crippen molar-refractivity contribution in [3.63, 3.8) is 0 Å². The van der Waals surface area contributed by atoms with Crippen molar-refractivity contribution in [1.82, 2.24) is 0 Å². The van der Waals surface area contributed by atoms with E-state index in [0.717, 1.165) is 6.07 Å². The second-order valence-electron chi connectivity index (χ2n) is 5.32. The van der Waals surface area contributed by atoms with E-state index in [2.05, 4.69) is 5.32 Å². The standard InChI is InChI=1S/C18H18ClFN2O4/c1-11(23)22(16-9-13(25-2)5-7-17(16)26-3)10-18(24)21-12-4-6-15(20)14(19)8-12/h4-9H,10H2,1-3H3,(H,21,24). The summed E-state index contributed by atoms with van der Waals surface area (Å²) in [6.07, 6.45) is 0. The lowest BCUT2D eigenvalue weighted by molar-refractivity contribution is -0.120. The van der Waals surface area contributed by atoms with Gasteiger partial charge in [-0.1, -0.05) is 11.6 Å². The van der Waals surface area contributed by atoms with Gasteiger partial charge in [-0.2, -0.15) is 0 Å². The van der Waals surface area contributed by atoms with Crippen LogP contribution in [0.25, 0.3) is 0 Å². The molecular weight excluding hydrogens is 363 g/mol. The van der Waals surface area contributed by atoms with E-state index in [0.29, 0.717) is 22.9 Å². The van der Waals surface area contributed by atoms with Crippen molar-refractivity contribution in [3.8, 4) is 11.5 Å². The van der Waals surface area contributed by atoms with E-state index in [9.17, 15) is 14.0 Å². The summed E-state index contributed by atoms with van der Waals surface area (Å²) in [5.41, 5.74) is 0.717. The molecular formula is C18H18ClFN2O4. The first-order chi connectivity index (χ1) is 12.3. The highest BCUT2D eigenvalue weighted by Gasteiger charge is 2.20. The molecule has 2 aromatic rings. The zero-order chi connectivity index (χ0) is 19.3. The summed E-state index contributed by atoms with van der Waals surface area (Å²) in [4.78, 5) is 25.7. The van der Waals surface area contributed by atoms with E-state index >= 15 is 0 Å². The highest BCUT2D eigenvalue weighted by atomic mass is 35.5. The van der Waals surface area contributed by atoms with Crippen LogP contribution in [0, 0.1) is 5.82 Å². The third-order valence-corrected chi connectivity index (χ3v) is 3.85. The van der Waals surface area contributed by atoms with E-state index in [1.807, 2.05) is 0 Å². The molecule has 0 aliphatic rings. The second-order valence-corrected chi connectivity index (χ2v) is 5.73. The van der Waals surface area contributed by atoms with Crippen LogP contribution in [0.3, 0.4) is 0 Å². The predicted octanol–water partition coefficient (Wildman–Crippen LogP) is 3.49. The van der Waals surface area contributed by atoms with Crippen molar-refractivity contribution in [1.29, 1.82) is 0 Å². The summed E-state index contributed by atoms with van der Waals surface area (Å²) in [5.74, 6) is -0.496. The summed E-state index contributed by atoms with van der Waals surface area (Å²) in [6, 6.07) is 8.74. The third-order valence-electron chi connectivity index (χ3n) is 3.56. The van der Waals surface area contributed by atoms with Crippen molar-refractivity contribution in [2.24, 2.45) is 0 Å². The van der Waals surface area contributed by atoms with E-state index in [4.69, 9.17) is 21.1 Å². The number of anilines is 2. The number of carbonyl (C=O) groups excluding carboxylic acids is 2. The SMILES string of the molecule is COc1ccc(OC)c(N(CC(=O)Nc2ccc(F)c(Cl)c2)C(C)=O)c1. The molecule has 0 atom stereocenters. The zero-order valence-electron chi connectivity index (χ0n) is 14.5. The molecule has 2 rings (SSSR count). The lowest BCUT2D eigenvalue weighted by Gasteiger charge is -2.23. The smallest absolute Gasteiger partial charge is 0.244 e. The molecule has 0 spiro atoms. The fraction of sp³-hybridized carbons (Fsp3) is 0.222. The molecule has 0 bridgehead atoms. The van der Waals surface area contributed by atoms with Gasteiger partial charge < -0.3 is 14.8 Å². The Morgan fingerprint density at radius 3 is 2.46 bits per heavy atom. The fourth-order valence-corrected chi connectivity index (χ4v) is 2.47. The Hall–Kier alpha value is -2.80. The average Bonchev–Trinajstić information content (AvgIpc) is 2.62. The average molecular weight is 381 g/mol. The van der Waals surface area contributed by atoms with Crippen LogP contribution in [0.5, 0.6) is 11.5 Å². The van der Waals surface area contributed by atoms with Crippen LogP contribution in [0.1, 0.15) is 6.92 Å². The third kappa shape index (κ3) is 4.64. The summed E-state index contributed by atoms with van der Waals surface area (Å²) in [6.45, 7) is 1.06. The van der Waals surface area contributed by atoms with Gasteiger partial charge in [-0.25, -0.2) is 4.39 Å². The van der Waals surface area contributed by atoms with Crippen molar-refractivity contribution >= 4 is 34.8 Å². The van der Waals surface area contributed by atoms with Crippen LogP contribution in [0.4, 0.5) is 15.8 Å². The molecule has 0 heterocycles. The summed E-state index contributed by atoms with van der Waals surface area (Å²) in [5, 5.41) is 2.46. The van der Waals surface area contributed by atoms with E-state index in [1.54, 1.807) is 18.2 Å². The highest BCUT2D eigenvalue weighted by Crippen LogP contribution is 2.32. The van der Waals surface area contributed by atoms with Gasteiger partial charge in [0.05, 0.1) is 24.9 Å². The quantitative estimate of drug-likeness (QED) is 0.833. The summed E-state index contributed by atoms with van der Waals surface area (Å²) < 4.78 is 23.6. The number of hydrogen-bond donors (Lipinski definition) is 1. The molecule has 138 valence electrons. The van der Waals surface area contributed by atoms with E-state index in [1.165, 1.54) is 38.2 Å². The Labute approximate surface area is 155 Å². The molecule has 1 N–H and O–H groups in total. The molecule has 6 nitrogen and oxygen atoms in total. The van der Waals surface area contributed by atoms with Crippen LogP contribution < -0.4 is 19.7 Å². The summed E-state index contributed by atoms with van der Waals surface area (Å²) in [7, 11) is 2.96. The van der Waals surface area contributed by atoms with E-state index in [-0.39, 0.29) is 17.5 Å². The fourth-order valence-electron chi connectivity index (χ4n) is 2.29. The number of ether oxygens (including phenoxy) is 2. The molecule has 0 saturated heterocycles. The van der Waals surface area contributed by atoms with Gasteiger partial charge in [0.25, 0.3) is 0 Å². The Kier molecular flexibility index (Phi) is 6.41. The highest BCUT2D eigenvalue weighted by molar-refractivity contribution is 6.31. The first-order valence-corrected chi connectivity index (χ1v) is 7.98. The van der Waals surface area contributed by atoms with Crippen LogP contribution >= 0.6 is 11.6 Å². The number of carbonyl (C=O) groups is 2. The van der Waals surface area contributed by atoms with Gasteiger partial charge in [-0.3, -0.25) is 14.5 Å². The number of methoxy groups -OCH3 is 2. The minimum absolute atomic E-state index is 0.110. The van der Waals surface area contributed by atoms with Crippen LogP contribution in [-0.4, -0.2) is 32.6 Å². The van der Waals surface area contributed by atoms with Gasteiger partial charge >= 0.3 is 0 Å². The molecule has 2 amide bonds. The van der Waals surface area contributed by atoms with Crippen molar-refractivity contribution < 1.29 is 23.5 Å². The minimum Gasteiger partial charge on any atom is -0.497 e. The normalized spacial score (nSPS) is 10.2. The number of hydrogen-bond acceptors (Lipinski definition) is 4. The van der Waals surface area contributed by atoms with Crippen LogP contribution in [0.15, 0.2) is 36.4 Å². The molecule has 0 aliphatic heterocycles. The molecule has 0 aliphatic carbocycles. The molecule has 2 aromatic carbocycles. The maximum atomic E-state index is 13.2.